The number of guanidine groups is 1. The van der Waals surface area contributed by atoms with Gasteiger partial charge in [0.25, 0.3) is 0 Å². The maximum Gasteiger partial charge on any atom is 0.191 e. The quantitative estimate of drug-likeness (QED) is 0.362. The average Bonchev–Trinajstić information content (AvgIpc) is 3.42. The van der Waals surface area contributed by atoms with Crippen molar-refractivity contribution in [3.63, 3.8) is 0 Å². The van der Waals surface area contributed by atoms with Crippen molar-refractivity contribution < 1.29 is 0 Å². The topological polar surface area (TPSA) is 39.7 Å². The zero-order chi connectivity index (χ0) is 17.5. The van der Waals surface area contributed by atoms with Crippen molar-refractivity contribution >= 4 is 29.9 Å². The first-order valence-corrected chi connectivity index (χ1v) is 10.1. The van der Waals surface area contributed by atoms with E-state index < -0.39 is 0 Å². The van der Waals surface area contributed by atoms with Gasteiger partial charge in [-0.15, -0.1) is 24.0 Å². The number of piperidine rings is 1. The van der Waals surface area contributed by atoms with E-state index in [-0.39, 0.29) is 24.0 Å². The van der Waals surface area contributed by atoms with Gasteiger partial charge < -0.3 is 15.5 Å². The van der Waals surface area contributed by atoms with E-state index in [2.05, 4.69) is 59.7 Å². The Labute approximate surface area is 176 Å². The van der Waals surface area contributed by atoms with Crippen molar-refractivity contribution in [2.24, 2.45) is 10.9 Å². The van der Waals surface area contributed by atoms with E-state index in [1.165, 1.54) is 50.9 Å². The zero-order valence-electron chi connectivity index (χ0n) is 16.3. The zero-order valence-corrected chi connectivity index (χ0v) is 18.6. The van der Waals surface area contributed by atoms with Gasteiger partial charge in [0.2, 0.25) is 0 Å². The molecule has 1 aliphatic carbocycles. The third-order valence-electron chi connectivity index (χ3n) is 5.45. The van der Waals surface area contributed by atoms with Gasteiger partial charge in [0.1, 0.15) is 0 Å². The van der Waals surface area contributed by atoms with Crippen LogP contribution >= 0.6 is 24.0 Å². The van der Waals surface area contributed by atoms with Crippen molar-refractivity contribution in [2.45, 2.75) is 51.5 Å². The predicted molar refractivity (Wildman–Crippen MR) is 122 cm³/mol. The van der Waals surface area contributed by atoms with Crippen LogP contribution in [0.1, 0.15) is 51.0 Å². The number of hydrogen-bond donors (Lipinski definition) is 2. The first-order valence-electron chi connectivity index (χ1n) is 10.1. The summed E-state index contributed by atoms with van der Waals surface area (Å²) in [6.07, 6.45) is 4.98. The van der Waals surface area contributed by atoms with Crippen LogP contribution in [-0.2, 0) is 0 Å². The van der Waals surface area contributed by atoms with Crippen LogP contribution in [-0.4, -0.2) is 49.6 Å². The average molecular weight is 470 g/mol. The molecule has 1 aliphatic heterocycles. The van der Waals surface area contributed by atoms with E-state index in [0.29, 0.717) is 17.9 Å². The molecule has 3 rings (SSSR count). The lowest BCUT2D eigenvalue weighted by Gasteiger charge is -2.32. The molecule has 0 amide bonds. The van der Waals surface area contributed by atoms with Crippen molar-refractivity contribution in [3.05, 3.63) is 35.9 Å². The Balaban J connectivity index is 0.00000243. The Morgan fingerprint density at radius 3 is 2.54 bits per heavy atom. The minimum Gasteiger partial charge on any atom is -0.357 e. The van der Waals surface area contributed by atoms with Gasteiger partial charge >= 0.3 is 0 Å². The second-order valence-electron chi connectivity index (χ2n) is 7.49. The second kappa shape index (κ2) is 11.1. The molecule has 1 saturated heterocycles. The lowest BCUT2D eigenvalue weighted by Crippen LogP contribution is -2.48. The minimum atomic E-state index is 0. The van der Waals surface area contributed by atoms with Crippen LogP contribution in [0.25, 0.3) is 0 Å². The largest absolute Gasteiger partial charge is 0.357 e. The molecule has 4 nitrogen and oxygen atoms in total. The van der Waals surface area contributed by atoms with Crippen LogP contribution in [0.3, 0.4) is 0 Å². The van der Waals surface area contributed by atoms with Gasteiger partial charge in [0.15, 0.2) is 5.96 Å². The van der Waals surface area contributed by atoms with Crippen LogP contribution in [0.15, 0.2) is 35.3 Å². The van der Waals surface area contributed by atoms with Crippen molar-refractivity contribution in [1.29, 1.82) is 0 Å². The first kappa shape index (κ1) is 21.5. The highest BCUT2D eigenvalue weighted by Gasteiger charge is 2.37. The van der Waals surface area contributed by atoms with Crippen molar-refractivity contribution in [2.75, 3.05) is 32.7 Å². The standard InChI is InChI=1S/C21H34N4.HI/c1-3-12-25-13-10-19(11-14-25)24-21(22-4-2)23-16-18-15-20(18)17-8-6-5-7-9-17;/h5-9,18-20H,3-4,10-16H2,1-2H3,(H2,22,23,24);1H. The number of nitrogens with one attached hydrogen (secondary N) is 2. The Morgan fingerprint density at radius 1 is 1.15 bits per heavy atom. The van der Waals surface area contributed by atoms with Crippen LogP contribution in [0.2, 0.25) is 0 Å². The van der Waals surface area contributed by atoms with Gasteiger partial charge in [-0.3, -0.25) is 4.99 Å². The number of rotatable bonds is 7. The summed E-state index contributed by atoms with van der Waals surface area (Å²) in [4.78, 5) is 7.46. The van der Waals surface area contributed by atoms with Gasteiger partial charge in [0, 0.05) is 32.2 Å². The molecule has 2 atom stereocenters. The molecule has 2 fully saturated rings. The Kier molecular flexibility index (Phi) is 9.19. The van der Waals surface area contributed by atoms with E-state index in [0.717, 1.165) is 19.0 Å². The van der Waals surface area contributed by atoms with Gasteiger partial charge in [-0.25, -0.2) is 0 Å². The first-order chi connectivity index (χ1) is 12.3. The van der Waals surface area contributed by atoms with E-state index in [9.17, 15) is 0 Å². The van der Waals surface area contributed by atoms with Crippen LogP contribution < -0.4 is 10.6 Å². The summed E-state index contributed by atoms with van der Waals surface area (Å²) < 4.78 is 0. The van der Waals surface area contributed by atoms with Crippen LogP contribution in [0.5, 0.6) is 0 Å². The molecule has 0 bridgehead atoms. The summed E-state index contributed by atoms with van der Waals surface area (Å²) in [5.41, 5.74) is 1.48. The summed E-state index contributed by atoms with van der Waals surface area (Å²) in [5.74, 6) is 2.43. The molecule has 146 valence electrons. The molecule has 1 heterocycles. The van der Waals surface area contributed by atoms with Gasteiger partial charge in [-0.05, 0) is 56.6 Å². The Bertz CT molecular complexity index is 540. The highest BCUT2D eigenvalue weighted by molar-refractivity contribution is 14.0. The summed E-state index contributed by atoms with van der Waals surface area (Å²) in [6, 6.07) is 11.5. The minimum absolute atomic E-state index is 0. The maximum atomic E-state index is 4.88. The highest BCUT2D eigenvalue weighted by Crippen LogP contribution is 2.47. The van der Waals surface area contributed by atoms with E-state index >= 15 is 0 Å². The number of aliphatic imine (C=N–C) groups is 1. The number of halogens is 1. The lowest BCUT2D eigenvalue weighted by atomic mass is 10.1. The molecule has 0 radical (unpaired) electrons. The summed E-state index contributed by atoms with van der Waals surface area (Å²) in [6.45, 7) is 9.93. The molecule has 2 aliphatic rings. The fraction of sp³-hybridized carbons (Fsp3) is 0.667. The summed E-state index contributed by atoms with van der Waals surface area (Å²) in [7, 11) is 0. The fourth-order valence-electron chi connectivity index (χ4n) is 3.90. The molecular formula is C21H35IN4. The van der Waals surface area contributed by atoms with Gasteiger partial charge in [-0.1, -0.05) is 37.3 Å². The molecule has 1 saturated carbocycles. The lowest BCUT2D eigenvalue weighted by molar-refractivity contribution is 0.206. The normalized spacial score (nSPS) is 24.0. The second-order valence-corrected chi connectivity index (χ2v) is 7.49. The van der Waals surface area contributed by atoms with Crippen LogP contribution in [0, 0.1) is 5.92 Å². The highest BCUT2D eigenvalue weighted by atomic mass is 127. The van der Waals surface area contributed by atoms with E-state index in [4.69, 9.17) is 4.99 Å². The van der Waals surface area contributed by atoms with Crippen LogP contribution in [0.4, 0.5) is 0 Å². The molecule has 2 unspecified atom stereocenters. The summed E-state index contributed by atoms with van der Waals surface area (Å²) >= 11 is 0. The molecule has 1 aromatic rings. The molecule has 0 spiro atoms. The fourth-order valence-corrected chi connectivity index (χ4v) is 3.90. The number of nitrogens with zero attached hydrogens (tertiary/aromatic N) is 2. The smallest absolute Gasteiger partial charge is 0.191 e. The van der Waals surface area contributed by atoms with E-state index in [1.54, 1.807) is 0 Å². The molecule has 1 aromatic carbocycles. The number of likely N-dealkylation sites (tertiary alicyclic amines) is 1. The monoisotopic (exact) mass is 470 g/mol. The van der Waals surface area contributed by atoms with E-state index in [1.807, 2.05) is 0 Å². The Hall–Kier alpha value is -0.820. The number of benzene rings is 1. The SMILES string of the molecule is CCCN1CCC(NC(=NCC2CC2c2ccccc2)NCC)CC1.I. The van der Waals surface area contributed by atoms with Crippen molar-refractivity contribution in [1.82, 2.24) is 15.5 Å². The summed E-state index contributed by atoms with van der Waals surface area (Å²) in [5, 5.41) is 7.10. The van der Waals surface area contributed by atoms with Crippen molar-refractivity contribution in [3.8, 4) is 0 Å². The Morgan fingerprint density at radius 2 is 1.88 bits per heavy atom. The molecule has 26 heavy (non-hydrogen) atoms. The number of hydrogen-bond acceptors (Lipinski definition) is 2. The third-order valence-corrected chi connectivity index (χ3v) is 5.45. The van der Waals surface area contributed by atoms with Gasteiger partial charge in [-0.2, -0.15) is 0 Å². The molecule has 2 N–H and O–H groups in total. The molecule has 0 aromatic heterocycles. The maximum absolute atomic E-state index is 4.88. The molecule has 5 heteroatoms. The third kappa shape index (κ3) is 6.41. The van der Waals surface area contributed by atoms with Gasteiger partial charge in [0.05, 0.1) is 0 Å². The molecular weight excluding hydrogens is 435 g/mol. The predicted octanol–water partition coefficient (Wildman–Crippen LogP) is 3.84.